The molecule has 4 amide bonds. The number of likely N-dealkylation sites (tertiary alicyclic amines) is 3. The van der Waals surface area contributed by atoms with Gasteiger partial charge in [0.2, 0.25) is 11.8 Å². The minimum Gasteiger partial charge on any atom is -0.375 e. The molecule has 15 heteroatoms. The number of hydrogen-bond acceptors (Lipinski definition) is 10. The van der Waals surface area contributed by atoms with Gasteiger partial charge in [-0.1, -0.05) is 38.3 Å². The zero-order chi connectivity index (χ0) is 48.8. The summed E-state index contributed by atoms with van der Waals surface area (Å²) in [5.74, 6) is 0.712. The third kappa shape index (κ3) is 11.8. The van der Waals surface area contributed by atoms with Crippen LogP contribution in [0, 0.1) is 17.8 Å². The number of piperazine rings is 1. The molecule has 378 valence electrons. The summed E-state index contributed by atoms with van der Waals surface area (Å²) in [5.41, 5.74) is 6.55. The van der Waals surface area contributed by atoms with Gasteiger partial charge in [0.05, 0.1) is 41.0 Å². The van der Waals surface area contributed by atoms with Crippen molar-refractivity contribution in [3.05, 3.63) is 99.2 Å². The van der Waals surface area contributed by atoms with Crippen molar-refractivity contribution < 1.29 is 23.9 Å². The summed E-state index contributed by atoms with van der Waals surface area (Å²) in [6.07, 6.45) is 17.1. The number of nitrogens with one attached hydrogen (secondary N) is 2. The number of carbonyl (C=O) groups is 4. The number of hydrogen-bond donors (Lipinski definition) is 2. The molecule has 6 fully saturated rings. The van der Waals surface area contributed by atoms with Crippen LogP contribution in [0.25, 0.3) is 11.0 Å². The highest BCUT2D eigenvalue weighted by Crippen LogP contribution is 2.36. The lowest BCUT2D eigenvalue weighted by Crippen LogP contribution is -2.49. The molecule has 2 N–H and O–H groups in total. The SMILES string of the molecule is CCc1cc2ncc(CN3CCN(c4ccc(C(=O)N5CCC(OC6CCN(C(=O)[C@H](CNC(=O)c7cccc(C8CCCN(C(=O)C9CC9)C8)c7)C7CCCCC7)CC6)CC5)nc4)CC3)cc2[nH]c1=O. The van der Waals surface area contributed by atoms with Gasteiger partial charge in [0.1, 0.15) is 5.69 Å². The van der Waals surface area contributed by atoms with Gasteiger partial charge in [-0.05, 0) is 124 Å². The molecule has 0 radical (unpaired) electrons. The molecule has 0 bridgehead atoms. The molecule has 2 atom stereocenters. The number of pyridine rings is 3. The smallest absolute Gasteiger partial charge is 0.272 e. The maximum absolute atomic E-state index is 14.3. The predicted molar refractivity (Wildman–Crippen MR) is 273 cm³/mol. The van der Waals surface area contributed by atoms with Crippen molar-refractivity contribution in [2.24, 2.45) is 17.8 Å². The summed E-state index contributed by atoms with van der Waals surface area (Å²) in [5, 5.41) is 3.19. The van der Waals surface area contributed by atoms with Crippen LogP contribution in [-0.4, -0.2) is 142 Å². The fraction of sp³-hybridized carbons (Fsp3) is 0.589. The molecule has 7 heterocycles. The predicted octanol–water partition coefficient (Wildman–Crippen LogP) is 6.56. The van der Waals surface area contributed by atoms with Crippen LogP contribution < -0.4 is 15.8 Å². The van der Waals surface area contributed by atoms with Gasteiger partial charge in [-0.25, -0.2) is 4.98 Å². The van der Waals surface area contributed by atoms with Crippen molar-refractivity contribution in [1.82, 2.24) is 39.9 Å². The van der Waals surface area contributed by atoms with Gasteiger partial charge in [-0.2, -0.15) is 0 Å². The third-order valence-electron chi connectivity index (χ3n) is 16.5. The number of carbonyl (C=O) groups excluding carboxylic acids is 4. The molecular formula is C56H73N9O6. The van der Waals surface area contributed by atoms with E-state index < -0.39 is 0 Å². The Balaban J connectivity index is 0.652. The molecule has 4 aromatic rings. The van der Waals surface area contributed by atoms with Crippen LogP contribution >= 0.6 is 0 Å². The van der Waals surface area contributed by atoms with Crippen LogP contribution in [0.15, 0.2) is 65.7 Å². The van der Waals surface area contributed by atoms with Crippen LogP contribution in [0.5, 0.6) is 0 Å². The molecule has 6 aliphatic rings. The summed E-state index contributed by atoms with van der Waals surface area (Å²) in [4.78, 5) is 89.7. The normalized spacial score (nSPS) is 21.6. The largest absolute Gasteiger partial charge is 0.375 e. The molecule has 1 unspecified atom stereocenters. The number of anilines is 1. The number of aromatic amines is 1. The van der Waals surface area contributed by atoms with Crippen molar-refractivity contribution in [3.63, 3.8) is 0 Å². The number of aromatic nitrogens is 3. The van der Waals surface area contributed by atoms with E-state index in [1.54, 1.807) is 0 Å². The Kier molecular flexibility index (Phi) is 15.4. The highest BCUT2D eigenvalue weighted by Gasteiger charge is 2.37. The molecule has 2 saturated carbocycles. The fourth-order valence-electron chi connectivity index (χ4n) is 12.0. The van der Waals surface area contributed by atoms with Crippen molar-refractivity contribution >= 4 is 40.3 Å². The monoisotopic (exact) mass is 968 g/mol. The van der Waals surface area contributed by atoms with E-state index in [2.05, 4.69) is 36.1 Å². The first-order valence-electron chi connectivity index (χ1n) is 27.0. The molecule has 4 aliphatic heterocycles. The lowest BCUT2D eigenvalue weighted by Gasteiger charge is -2.39. The number of benzene rings is 1. The zero-order valence-corrected chi connectivity index (χ0v) is 41.7. The number of rotatable bonds is 14. The average molecular weight is 968 g/mol. The number of nitrogens with zero attached hydrogens (tertiary/aromatic N) is 7. The summed E-state index contributed by atoms with van der Waals surface area (Å²) in [7, 11) is 0. The summed E-state index contributed by atoms with van der Waals surface area (Å²) >= 11 is 0. The lowest BCUT2D eigenvalue weighted by atomic mass is 9.79. The van der Waals surface area contributed by atoms with Gasteiger partial charge in [0, 0.05) is 108 Å². The van der Waals surface area contributed by atoms with Crippen molar-refractivity contribution in [3.8, 4) is 0 Å². The van der Waals surface area contributed by atoms with Gasteiger partial charge in [0.15, 0.2) is 0 Å². The second-order valence-corrected chi connectivity index (χ2v) is 21.3. The maximum atomic E-state index is 14.3. The zero-order valence-electron chi connectivity index (χ0n) is 41.7. The Morgan fingerprint density at radius 2 is 1.49 bits per heavy atom. The quantitative estimate of drug-likeness (QED) is 0.142. The van der Waals surface area contributed by atoms with E-state index in [0.717, 1.165) is 156 Å². The van der Waals surface area contributed by atoms with Crippen molar-refractivity contribution in [2.75, 3.05) is 76.9 Å². The van der Waals surface area contributed by atoms with Crippen molar-refractivity contribution in [2.45, 2.75) is 121 Å². The molecular weight excluding hydrogens is 895 g/mol. The Morgan fingerprint density at radius 3 is 2.20 bits per heavy atom. The minimum atomic E-state index is -0.251. The third-order valence-corrected chi connectivity index (χ3v) is 16.5. The fourth-order valence-corrected chi connectivity index (χ4v) is 12.0. The first-order valence-corrected chi connectivity index (χ1v) is 27.0. The molecule has 1 aromatic carbocycles. The average Bonchev–Trinajstić information content (AvgIpc) is 4.28. The molecule has 71 heavy (non-hydrogen) atoms. The van der Waals surface area contributed by atoms with Gasteiger partial charge < -0.3 is 34.6 Å². The van der Waals surface area contributed by atoms with E-state index in [9.17, 15) is 24.0 Å². The number of ether oxygens (including phenoxy) is 1. The second-order valence-electron chi connectivity index (χ2n) is 21.3. The van der Waals surface area contributed by atoms with E-state index in [1.807, 2.05) is 76.5 Å². The number of aryl methyl sites for hydroxylation is 1. The molecule has 0 spiro atoms. The van der Waals surface area contributed by atoms with Crippen LogP contribution in [0.1, 0.15) is 134 Å². The van der Waals surface area contributed by atoms with Gasteiger partial charge in [-0.15, -0.1) is 0 Å². The van der Waals surface area contributed by atoms with E-state index in [-0.39, 0.29) is 59.2 Å². The van der Waals surface area contributed by atoms with Crippen LogP contribution in [0.4, 0.5) is 5.69 Å². The Hall–Kier alpha value is -5.67. The Bertz CT molecular complexity index is 2570. The number of fused-ring (bicyclic) bond motifs is 1. The number of piperidine rings is 3. The first kappa shape index (κ1) is 48.9. The van der Waals surface area contributed by atoms with Gasteiger partial charge in [0.25, 0.3) is 17.4 Å². The van der Waals surface area contributed by atoms with E-state index in [4.69, 9.17) is 4.74 Å². The molecule has 2 aliphatic carbocycles. The van der Waals surface area contributed by atoms with Crippen LogP contribution in [0.2, 0.25) is 0 Å². The Labute approximate surface area is 418 Å². The standard InChI is InChI=1S/C56H73N9O6/c1-2-39-32-50-51(60-53(39)67)30-38(33-57-50)36-61-26-28-62(29-27-61)45-15-16-49(58-34-45)56(70)64-24-19-47(20-25-64)71-46-17-22-63(23-18-46)55(69)48(40-8-4-3-5-9-40)35-59-52(66)43-11-6-10-42(31-43)44-12-7-21-65(37-44)54(68)41-13-14-41/h6,10-11,15-16,30-34,40-41,44,46-48H,2-5,7-9,12-14,17-29,35-37H2,1H3,(H,59,66)(H,60,67)/t44?,48-/m1/s1. The molecule has 4 saturated heterocycles. The topological polar surface area (TPSA) is 164 Å². The van der Waals surface area contributed by atoms with Crippen LogP contribution in [0.3, 0.4) is 0 Å². The molecule has 10 rings (SSSR count). The van der Waals surface area contributed by atoms with E-state index in [0.29, 0.717) is 56.3 Å². The van der Waals surface area contributed by atoms with Crippen LogP contribution in [-0.2, 0) is 27.3 Å². The summed E-state index contributed by atoms with van der Waals surface area (Å²) in [6, 6.07) is 15.7. The highest BCUT2D eigenvalue weighted by molar-refractivity contribution is 5.95. The highest BCUT2D eigenvalue weighted by atomic mass is 16.5. The molecule has 3 aromatic heterocycles. The van der Waals surface area contributed by atoms with Crippen molar-refractivity contribution in [1.29, 1.82) is 0 Å². The lowest BCUT2D eigenvalue weighted by molar-refractivity contribution is -0.141. The first-order chi connectivity index (χ1) is 34.6. The second kappa shape index (κ2) is 22.4. The Morgan fingerprint density at radius 1 is 0.746 bits per heavy atom. The minimum absolute atomic E-state index is 0.0474. The van der Waals surface area contributed by atoms with E-state index >= 15 is 0 Å². The summed E-state index contributed by atoms with van der Waals surface area (Å²) < 4.78 is 6.64. The summed E-state index contributed by atoms with van der Waals surface area (Å²) in [6.45, 7) is 10.6. The maximum Gasteiger partial charge on any atom is 0.272 e. The van der Waals surface area contributed by atoms with Gasteiger partial charge >= 0.3 is 0 Å². The number of amides is 4. The number of H-pyrrole nitrogens is 1. The van der Waals surface area contributed by atoms with Gasteiger partial charge in [-0.3, -0.25) is 33.9 Å². The van der Waals surface area contributed by atoms with E-state index in [1.165, 1.54) is 6.42 Å². The molecule has 15 nitrogen and oxygen atoms in total.